The van der Waals surface area contributed by atoms with Gasteiger partial charge in [-0.25, -0.2) is 9.97 Å². The highest BCUT2D eigenvalue weighted by Crippen LogP contribution is 2.24. The molecule has 2 amide bonds. The highest BCUT2D eigenvalue weighted by atomic mass is 35.5. The lowest BCUT2D eigenvalue weighted by molar-refractivity contribution is -0.131. The predicted octanol–water partition coefficient (Wildman–Crippen LogP) is 1.04. The first-order valence-electron chi connectivity index (χ1n) is 8.36. The van der Waals surface area contributed by atoms with Crippen molar-refractivity contribution in [3.8, 4) is 0 Å². The van der Waals surface area contributed by atoms with E-state index in [1.807, 2.05) is 11.8 Å². The molecule has 1 N–H and O–H groups in total. The molecular weight excluding hydrogens is 378 g/mol. The van der Waals surface area contributed by atoms with Crippen LogP contribution in [0.2, 0.25) is 5.15 Å². The van der Waals surface area contributed by atoms with Gasteiger partial charge >= 0.3 is 0 Å². The number of piperazine rings is 1. The summed E-state index contributed by atoms with van der Waals surface area (Å²) in [5.41, 5.74) is 0. The van der Waals surface area contributed by atoms with Crippen molar-refractivity contribution in [1.82, 2.24) is 20.2 Å². The summed E-state index contributed by atoms with van der Waals surface area (Å²) in [6.07, 6.45) is 0. The Morgan fingerprint density at radius 1 is 1.42 bits per heavy atom. The highest BCUT2D eigenvalue weighted by Gasteiger charge is 2.26. The van der Waals surface area contributed by atoms with Crippen LogP contribution in [0.15, 0.2) is 11.2 Å². The van der Waals surface area contributed by atoms with Crippen LogP contribution in [-0.2, 0) is 14.3 Å². The molecule has 8 nitrogen and oxygen atoms in total. The summed E-state index contributed by atoms with van der Waals surface area (Å²) in [4.78, 5) is 36.0. The van der Waals surface area contributed by atoms with Crippen molar-refractivity contribution in [1.29, 1.82) is 0 Å². The summed E-state index contributed by atoms with van der Waals surface area (Å²) in [5.74, 6) is 0.884. The molecule has 144 valence electrons. The lowest BCUT2D eigenvalue weighted by atomic mass is 10.2. The summed E-state index contributed by atoms with van der Waals surface area (Å²) in [6, 6.07) is 1.80. The molecule has 0 saturated carbocycles. The standard InChI is InChI=1S/C16H24ClN5O3S/c1-11-9-21(5-6-22(11)12(2)23)14-8-13(17)19-16(20-14)26-10-15(24)18-4-7-25-3/h8,11H,4-7,9-10H2,1-3H3,(H,18,24). The van der Waals surface area contributed by atoms with Crippen LogP contribution in [0.5, 0.6) is 0 Å². The number of ether oxygens (including phenoxy) is 1. The number of aromatic nitrogens is 2. The number of methoxy groups -OCH3 is 1. The van der Waals surface area contributed by atoms with E-state index in [9.17, 15) is 9.59 Å². The molecule has 0 aliphatic carbocycles. The van der Waals surface area contributed by atoms with E-state index in [1.165, 1.54) is 11.8 Å². The average Bonchev–Trinajstić information content (AvgIpc) is 2.59. The van der Waals surface area contributed by atoms with Gasteiger partial charge in [-0.05, 0) is 6.92 Å². The van der Waals surface area contributed by atoms with Gasteiger partial charge in [0.25, 0.3) is 0 Å². The van der Waals surface area contributed by atoms with E-state index in [0.29, 0.717) is 48.9 Å². The monoisotopic (exact) mass is 401 g/mol. The first kappa shape index (κ1) is 20.7. The molecule has 1 aromatic rings. The lowest BCUT2D eigenvalue weighted by Gasteiger charge is -2.40. The topological polar surface area (TPSA) is 87.7 Å². The van der Waals surface area contributed by atoms with Crippen molar-refractivity contribution >= 4 is 41.0 Å². The number of hydrogen-bond donors (Lipinski definition) is 1. The van der Waals surface area contributed by atoms with E-state index < -0.39 is 0 Å². The molecule has 1 aromatic heterocycles. The molecular formula is C16H24ClN5O3S. The van der Waals surface area contributed by atoms with Gasteiger partial charge in [0.15, 0.2) is 5.16 Å². The van der Waals surface area contributed by atoms with E-state index in [0.717, 1.165) is 0 Å². The normalized spacial score (nSPS) is 17.3. The second-order valence-corrected chi connectivity index (χ2v) is 7.30. The van der Waals surface area contributed by atoms with Gasteiger partial charge in [0.2, 0.25) is 11.8 Å². The number of rotatable bonds is 7. The summed E-state index contributed by atoms with van der Waals surface area (Å²) in [6.45, 7) is 6.53. The number of anilines is 1. The van der Waals surface area contributed by atoms with Crippen molar-refractivity contribution in [2.45, 2.75) is 25.0 Å². The largest absolute Gasteiger partial charge is 0.383 e. The van der Waals surface area contributed by atoms with Crippen LogP contribution in [0.4, 0.5) is 5.82 Å². The Bertz CT molecular complexity index is 648. The van der Waals surface area contributed by atoms with Gasteiger partial charge < -0.3 is 19.9 Å². The fourth-order valence-electron chi connectivity index (χ4n) is 2.72. The summed E-state index contributed by atoms with van der Waals surface area (Å²) in [5, 5.41) is 3.53. The van der Waals surface area contributed by atoms with Gasteiger partial charge in [-0.1, -0.05) is 23.4 Å². The van der Waals surface area contributed by atoms with E-state index in [2.05, 4.69) is 20.2 Å². The zero-order valence-corrected chi connectivity index (χ0v) is 16.8. The predicted molar refractivity (Wildman–Crippen MR) is 102 cm³/mol. The Kier molecular flexibility index (Phi) is 7.92. The molecule has 1 atom stereocenters. The van der Waals surface area contributed by atoms with Gasteiger partial charge in [-0.2, -0.15) is 0 Å². The smallest absolute Gasteiger partial charge is 0.230 e. The molecule has 0 bridgehead atoms. The maximum atomic E-state index is 11.8. The van der Waals surface area contributed by atoms with Crippen molar-refractivity contribution in [2.75, 3.05) is 50.5 Å². The van der Waals surface area contributed by atoms with Crippen LogP contribution in [-0.4, -0.2) is 78.4 Å². The van der Waals surface area contributed by atoms with Crippen molar-refractivity contribution < 1.29 is 14.3 Å². The molecule has 0 radical (unpaired) electrons. The van der Waals surface area contributed by atoms with Gasteiger partial charge in [-0.15, -0.1) is 0 Å². The number of nitrogens with one attached hydrogen (secondary N) is 1. The molecule has 2 heterocycles. The average molecular weight is 402 g/mol. The summed E-state index contributed by atoms with van der Waals surface area (Å²) >= 11 is 7.36. The van der Waals surface area contributed by atoms with Crippen molar-refractivity contribution in [3.63, 3.8) is 0 Å². The third kappa shape index (κ3) is 6.00. The van der Waals surface area contributed by atoms with E-state index >= 15 is 0 Å². The van der Waals surface area contributed by atoms with Crippen LogP contribution in [0.1, 0.15) is 13.8 Å². The number of hydrogen-bond acceptors (Lipinski definition) is 7. The van der Waals surface area contributed by atoms with Crippen LogP contribution >= 0.6 is 23.4 Å². The second kappa shape index (κ2) is 9.94. The number of thioether (sulfide) groups is 1. The number of halogens is 1. The Hall–Kier alpha value is -1.58. The van der Waals surface area contributed by atoms with Crippen LogP contribution in [0.3, 0.4) is 0 Å². The van der Waals surface area contributed by atoms with Gasteiger partial charge in [0.05, 0.1) is 12.4 Å². The van der Waals surface area contributed by atoms with Gasteiger partial charge in [0, 0.05) is 52.3 Å². The molecule has 0 aromatic carbocycles. The maximum absolute atomic E-state index is 11.8. The third-order valence-electron chi connectivity index (χ3n) is 3.98. The zero-order chi connectivity index (χ0) is 19.1. The highest BCUT2D eigenvalue weighted by molar-refractivity contribution is 7.99. The Labute approximate surface area is 162 Å². The van der Waals surface area contributed by atoms with Crippen molar-refractivity contribution in [2.24, 2.45) is 0 Å². The fraction of sp³-hybridized carbons (Fsp3) is 0.625. The SMILES string of the molecule is COCCNC(=O)CSc1nc(Cl)cc(N2CCN(C(C)=O)C(C)C2)n1. The van der Waals surface area contributed by atoms with E-state index in [1.54, 1.807) is 20.1 Å². The van der Waals surface area contributed by atoms with E-state index in [-0.39, 0.29) is 23.6 Å². The van der Waals surface area contributed by atoms with E-state index in [4.69, 9.17) is 16.3 Å². The van der Waals surface area contributed by atoms with Gasteiger partial charge in [0.1, 0.15) is 11.0 Å². The molecule has 26 heavy (non-hydrogen) atoms. The molecule has 10 heteroatoms. The Morgan fingerprint density at radius 2 is 2.19 bits per heavy atom. The third-order valence-corrected chi connectivity index (χ3v) is 5.02. The quantitative estimate of drug-likeness (QED) is 0.316. The summed E-state index contributed by atoms with van der Waals surface area (Å²) in [7, 11) is 1.58. The first-order valence-corrected chi connectivity index (χ1v) is 9.72. The molecule has 0 spiro atoms. The first-order chi connectivity index (χ1) is 12.4. The number of carbonyl (C=O) groups is 2. The molecule has 1 aliphatic rings. The second-order valence-electron chi connectivity index (χ2n) is 5.97. The molecule has 1 fully saturated rings. The molecule has 1 aliphatic heterocycles. The fourth-order valence-corrected chi connectivity index (χ4v) is 3.63. The maximum Gasteiger partial charge on any atom is 0.230 e. The number of nitrogens with zero attached hydrogens (tertiary/aromatic N) is 4. The molecule has 2 rings (SSSR count). The molecule has 1 unspecified atom stereocenters. The Morgan fingerprint density at radius 3 is 2.85 bits per heavy atom. The lowest BCUT2D eigenvalue weighted by Crippen LogP contribution is -2.53. The number of amides is 2. The van der Waals surface area contributed by atoms with Crippen LogP contribution < -0.4 is 10.2 Å². The molecule has 1 saturated heterocycles. The minimum atomic E-state index is -0.110. The van der Waals surface area contributed by atoms with Crippen LogP contribution in [0.25, 0.3) is 0 Å². The van der Waals surface area contributed by atoms with Crippen molar-refractivity contribution in [3.05, 3.63) is 11.2 Å². The minimum Gasteiger partial charge on any atom is -0.383 e. The minimum absolute atomic E-state index is 0.0774. The van der Waals surface area contributed by atoms with Crippen LogP contribution in [0, 0.1) is 0 Å². The zero-order valence-electron chi connectivity index (χ0n) is 15.2. The van der Waals surface area contributed by atoms with Gasteiger partial charge in [-0.3, -0.25) is 9.59 Å². The summed E-state index contributed by atoms with van der Waals surface area (Å²) < 4.78 is 4.89. The Balaban J connectivity index is 1.97. The number of carbonyl (C=O) groups excluding carboxylic acids is 2.